The van der Waals surface area contributed by atoms with E-state index in [0.29, 0.717) is 56.7 Å². The van der Waals surface area contributed by atoms with Crippen LogP contribution in [0.4, 0.5) is 17.6 Å². The van der Waals surface area contributed by atoms with E-state index in [2.05, 4.69) is 10.3 Å². The van der Waals surface area contributed by atoms with Gasteiger partial charge < -0.3 is 21.1 Å². The minimum absolute atomic E-state index is 0.0290. The Bertz CT molecular complexity index is 1290. The van der Waals surface area contributed by atoms with E-state index in [1.165, 1.54) is 0 Å². The molecule has 3 aromatic rings. The number of hydrogen-bond donors (Lipinski definition) is 3. The molecule has 0 saturated heterocycles. The second kappa shape index (κ2) is 10.8. The van der Waals surface area contributed by atoms with Crippen molar-refractivity contribution in [2.45, 2.75) is 69.6 Å². The molecule has 1 amide bonds. The summed E-state index contributed by atoms with van der Waals surface area (Å²) in [6.07, 6.45) is 7.89. The Morgan fingerprint density at radius 3 is 2.41 bits per heavy atom. The monoisotopic (exact) mass is 565 g/mol. The van der Waals surface area contributed by atoms with Crippen LogP contribution in [0.25, 0.3) is 11.2 Å². The number of aliphatic hydroxyl groups excluding tert-OH is 1. The first-order chi connectivity index (χ1) is 17.7. The van der Waals surface area contributed by atoms with Crippen LogP contribution in [-0.4, -0.2) is 49.7 Å². The number of imidazole rings is 1. The Kier molecular flexibility index (Phi) is 7.68. The van der Waals surface area contributed by atoms with E-state index in [9.17, 15) is 9.90 Å². The molecule has 2 atom stereocenters. The van der Waals surface area contributed by atoms with Gasteiger partial charge in [-0.1, -0.05) is 47.6 Å². The van der Waals surface area contributed by atoms with Crippen molar-refractivity contribution < 1.29 is 9.90 Å². The number of amides is 1. The van der Waals surface area contributed by atoms with Crippen LogP contribution in [0, 0.1) is 5.92 Å². The van der Waals surface area contributed by atoms with Crippen molar-refractivity contribution in [2.75, 3.05) is 17.3 Å². The molecule has 198 valence electrons. The molecule has 0 bridgehead atoms. The number of fused-ring (bicyclic) bond motifs is 1. The number of nitrogens with two attached hydrogens (primary N) is 1. The predicted molar refractivity (Wildman–Crippen MR) is 147 cm³/mol. The summed E-state index contributed by atoms with van der Waals surface area (Å²) in [5.74, 6) is 0.658. The van der Waals surface area contributed by atoms with Gasteiger partial charge in [0.25, 0.3) is 0 Å². The standard InChI is InChI=1S/C25H30Cl3N7O2/c1-34(19-4-2-3-5-20(19)36)24-30-12-18-23(33-24)35(15-8-6-13(7-9-15)22(29)37)25(31-18)32-21-16(27)10-14(26)11-17(21)28/h10-13,15,19-20,36H,2-9H2,1H3,(H2,29,37)(H,31,32)/t13?,15?,19-,20+/m0/s1. The number of likely N-dealkylation sites (N-methyl/N-ethyl adjacent to an activating group) is 1. The molecule has 5 rings (SSSR count). The Morgan fingerprint density at radius 1 is 1.08 bits per heavy atom. The number of rotatable bonds is 6. The van der Waals surface area contributed by atoms with Gasteiger partial charge in [-0.05, 0) is 50.7 Å². The van der Waals surface area contributed by atoms with E-state index in [1.807, 2.05) is 16.5 Å². The minimum atomic E-state index is -0.418. The normalized spacial score (nSPS) is 24.2. The van der Waals surface area contributed by atoms with Crippen LogP contribution in [0.2, 0.25) is 15.1 Å². The van der Waals surface area contributed by atoms with Crippen molar-refractivity contribution in [3.05, 3.63) is 33.4 Å². The molecule has 4 N–H and O–H groups in total. The van der Waals surface area contributed by atoms with E-state index in [-0.39, 0.29) is 23.9 Å². The fourth-order valence-electron chi connectivity index (χ4n) is 5.57. The second-order valence-corrected chi connectivity index (χ2v) is 11.2. The lowest BCUT2D eigenvalue weighted by Crippen LogP contribution is -2.44. The molecule has 9 nitrogen and oxygen atoms in total. The lowest BCUT2D eigenvalue weighted by molar-refractivity contribution is -0.122. The number of nitrogens with one attached hydrogen (secondary N) is 1. The molecule has 37 heavy (non-hydrogen) atoms. The third-order valence-corrected chi connectivity index (χ3v) is 8.45. The molecule has 0 spiro atoms. The number of anilines is 3. The van der Waals surface area contributed by atoms with Crippen LogP contribution >= 0.6 is 34.8 Å². The maximum absolute atomic E-state index is 11.8. The number of benzene rings is 1. The average molecular weight is 567 g/mol. The first kappa shape index (κ1) is 26.3. The molecular formula is C25H30Cl3N7O2. The third-order valence-electron chi connectivity index (χ3n) is 7.63. The number of aliphatic hydroxyl groups is 1. The van der Waals surface area contributed by atoms with Crippen LogP contribution in [-0.2, 0) is 4.79 Å². The number of primary amides is 1. The van der Waals surface area contributed by atoms with Crippen molar-refractivity contribution in [1.82, 2.24) is 19.5 Å². The molecule has 12 heteroatoms. The zero-order chi connectivity index (χ0) is 26.3. The first-order valence-electron chi connectivity index (χ1n) is 12.6. The highest BCUT2D eigenvalue weighted by Crippen LogP contribution is 2.40. The summed E-state index contributed by atoms with van der Waals surface area (Å²) in [4.78, 5) is 28.0. The van der Waals surface area contributed by atoms with Gasteiger partial charge in [0.05, 0.1) is 34.1 Å². The molecule has 2 aliphatic carbocycles. The number of aromatic nitrogens is 4. The number of carbonyl (C=O) groups excluding carboxylic acids is 1. The van der Waals surface area contributed by atoms with Gasteiger partial charge in [0.2, 0.25) is 17.8 Å². The Morgan fingerprint density at radius 2 is 1.76 bits per heavy atom. The Labute approximate surface area is 230 Å². The molecule has 0 unspecified atom stereocenters. The van der Waals surface area contributed by atoms with Gasteiger partial charge in [0.15, 0.2) is 5.65 Å². The van der Waals surface area contributed by atoms with Gasteiger partial charge >= 0.3 is 0 Å². The van der Waals surface area contributed by atoms with Crippen molar-refractivity contribution >= 4 is 69.5 Å². The van der Waals surface area contributed by atoms with Gasteiger partial charge in [-0.3, -0.25) is 9.36 Å². The summed E-state index contributed by atoms with van der Waals surface area (Å²) < 4.78 is 2.05. The highest BCUT2D eigenvalue weighted by molar-refractivity contribution is 6.41. The van der Waals surface area contributed by atoms with Gasteiger partial charge in [-0.25, -0.2) is 9.97 Å². The number of carbonyl (C=O) groups is 1. The second-order valence-electron chi connectivity index (χ2n) is 9.99. The quantitative estimate of drug-likeness (QED) is 0.361. The highest BCUT2D eigenvalue weighted by Gasteiger charge is 2.31. The largest absolute Gasteiger partial charge is 0.391 e. The molecule has 2 fully saturated rings. The van der Waals surface area contributed by atoms with Gasteiger partial charge in [-0.2, -0.15) is 4.98 Å². The summed E-state index contributed by atoms with van der Waals surface area (Å²) in [5, 5.41) is 15.0. The SMILES string of the molecule is CN(c1ncc2nc(Nc3c(Cl)cc(Cl)cc3Cl)n(C3CCC(C(N)=O)CC3)c2n1)[C@H]1CCCC[C@H]1O. The van der Waals surface area contributed by atoms with Crippen LogP contribution in [0.15, 0.2) is 18.3 Å². The van der Waals surface area contributed by atoms with Crippen molar-refractivity contribution in [2.24, 2.45) is 11.7 Å². The van der Waals surface area contributed by atoms with Crippen LogP contribution < -0.4 is 16.0 Å². The predicted octanol–water partition coefficient (Wildman–Crippen LogP) is 5.49. The lowest BCUT2D eigenvalue weighted by Gasteiger charge is -2.35. The summed E-state index contributed by atoms with van der Waals surface area (Å²) >= 11 is 19.0. The maximum atomic E-state index is 11.8. The van der Waals surface area contributed by atoms with Crippen molar-refractivity contribution in [3.8, 4) is 0 Å². The van der Waals surface area contributed by atoms with E-state index in [4.69, 9.17) is 50.5 Å². The summed E-state index contributed by atoms with van der Waals surface area (Å²) in [6.45, 7) is 0. The van der Waals surface area contributed by atoms with Crippen LogP contribution in [0.3, 0.4) is 0 Å². The molecule has 0 aliphatic heterocycles. The fraction of sp³-hybridized carbons (Fsp3) is 0.520. The lowest BCUT2D eigenvalue weighted by atomic mass is 9.85. The van der Waals surface area contributed by atoms with E-state index < -0.39 is 6.10 Å². The molecule has 2 saturated carbocycles. The number of hydrogen-bond acceptors (Lipinski definition) is 7. The summed E-state index contributed by atoms with van der Waals surface area (Å²) in [5.41, 5.74) is 7.34. The number of nitrogens with zero attached hydrogens (tertiary/aromatic N) is 5. The van der Waals surface area contributed by atoms with Crippen LogP contribution in [0.1, 0.15) is 57.4 Å². The van der Waals surface area contributed by atoms with Gasteiger partial charge in [0, 0.05) is 24.0 Å². The molecule has 2 aliphatic rings. The van der Waals surface area contributed by atoms with E-state index in [0.717, 1.165) is 38.5 Å². The van der Waals surface area contributed by atoms with E-state index >= 15 is 0 Å². The van der Waals surface area contributed by atoms with E-state index in [1.54, 1.807) is 18.3 Å². The van der Waals surface area contributed by atoms with Gasteiger partial charge in [-0.15, -0.1) is 0 Å². The minimum Gasteiger partial charge on any atom is -0.391 e. The van der Waals surface area contributed by atoms with Crippen LogP contribution in [0.5, 0.6) is 0 Å². The molecule has 1 aromatic carbocycles. The zero-order valence-corrected chi connectivity index (χ0v) is 22.8. The van der Waals surface area contributed by atoms with Crippen molar-refractivity contribution in [1.29, 1.82) is 0 Å². The fourth-order valence-corrected chi connectivity index (χ4v) is 6.48. The molecule has 2 heterocycles. The first-order valence-corrected chi connectivity index (χ1v) is 13.7. The highest BCUT2D eigenvalue weighted by atomic mass is 35.5. The summed E-state index contributed by atoms with van der Waals surface area (Å²) in [6, 6.07) is 3.22. The molecule has 0 radical (unpaired) electrons. The molecular weight excluding hydrogens is 537 g/mol. The zero-order valence-electron chi connectivity index (χ0n) is 20.5. The summed E-state index contributed by atoms with van der Waals surface area (Å²) in [7, 11) is 1.92. The number of halogens is 3. The molecule has 2 aromatic heterocycles. The smallest absolute Gasteiger partial charge is 0.227 e. The van der Waals surface area contributed by atoms with Gasteiger partial charge in [0.1, 0.15) is 5.52 Å². The third kappa shape index (κ3) is 5.32. The topological polar surface area (TPSA) is 122 Å². The maximum Gasteiger partial charge on any atom is 0.227 e. The van der Waals surface area contributed by atoms with Crippen molar-refractivity contribution in [3.63, 3.8) is 0 Å². The Balaban J connectivity index is 1.56. The average Bonchev–Trinajstić information content (AvgIpc) is 3.23. The Hall–Kier alpha value is -2.33.